The molecule has 10 heteroatoms. The van der Waals surface area contributed by atoms with Crippen LogP contribution in [0.4, 0.5) is 0 Å². The smallest absolute Gasteiger partial charge is 0.359 e. The first-order valence-electron chi connectivity index (χ1n) is 8.74. The Balaban J connectivity index is 1.67. The number of aromatic nitrogens is 4. The van der Waals surface area contributed by atoms with E-state index in [0.717, 1.165) is 10.4 Å². The number of carbonyl (C=O) groups excluding carboxylic acids is 1. The monoisotopic (exact) mass is 412 g/mol. The molecule has 1 N–H and O–H groups in total. The number of thiazole rings is 1. The molecule has 3 heterocycles. The molecule has 4 rings (SSSR count). The number of nitrogens with zero attached hydrogens (tertiary/aromatic N) is 4. The highest BCUT2D eigenvalue weighted by Crippen LogP contribution is 2.16. The van der Waals surface area contributed by atoms with Crippen LogP contribution < -0.4 is 11.1 Å². The Bertz CT molecular complexity index is 1350. The molecular weight excluding hydrogens is 396 g/mol. The predicted molar refractivity (Wildman–Crippen MR) is 106 cm³/mol. The molecule has 148 valence electrons. The topological polar surface area (TPSA) is 116 Å². The molecule has 29 heavy (non-hydrogen) atoms. The molecule has 0 unspecified atom stereocenters. The molecule has 0 fully saturated rings. The number of hydrogen-bond acceptors (Lipinski definition) is 8. The van der Waals surface area contributed by atoms with Crippen molar-refractivity contribution >= 4 is 33.0 Å². The van der Waals surface area contributed by atoms with Crippen molar-refractivity contribution in [3.8, 4) is 0 Å². The third kappa shape index (κ3) is 3.43. The van der Waals surface area contributed by atoms with Crippen LogP contribution in [-0.2, 0) is 17.9 Å². The minimum Gasteiger partial charge on any atom is -0.454 e. The van der Waals surface area contributed by atoms with Crippen molar-refractivity contribution in [2.45, 2.75) is 20.1 Å². The average molecular weight is 412 g/mol. The van der Waals surface area contributed by atoms with Crippen LogP contribution >= 0.6 is 11.3 Å². The van der Waals surface area contributed by atoms with Crippen molar-refractivity contribution in [2.75, 3.05) is 6.61 Å². The van der Waals surface area contributed by atoms with Crippen molar-refractivity contribution in [3.63, 3.8) is 0 Å². The van der Waals surface area contributed by atoms with E-state index in [4.69, 9.17) is 9.84 Å². The largest absolute Gasteiger partial charge is 0.454 e. The van der Waals surface area contributed by atoms with Gasteiger partial charge in [-0.2, -0.15) is 5.10 Å². The SMILES string of the molecule is Cc1csc2nc(COC(=O)c3nn(CCO)c(=O)c4ccccc34)cc(=O)n12. The van der Waals surface area contributed by atoms with E-state index in [0.29, 0.717) is 21.4 Å². The van der Waals surface area contributed by atoms with E-state index in [-0.39, 0.29) is 31.0 Å². The number of benzene rings is 1. The standard InChI is InChI=1S/C19H16N4O5S/c1-11-10-29-19-20-12(8-15(25)23(11)19)9-28-18(27)16-13-4-2-3-5-14(13)17(26)22(21-16)6-7-24/h2-5,8,10,24H,6-7,9H2,1H3. The molecule has 9 nitrogen and oxygen atoms in total. The van der Waals surface area contributed by atoms with Gasteiger partial charge in [-0.25, -0.2) is 14.5 Å². The summed E-state index contributed by atoms with van der Waals surface area (Å²) in [5, 5.41) is 15.7. The lowest BCUT2D eigenvalue weighted by Crippen LogP contribution is -2.27. The molecule has 0 bridgehead atoms. The van der Waals surface area contributed by atoms with Gasteiger partial charge in [0.25, 0.3) is 11.1 Å². The van der Waals surface area contributed by atoms with Crippen molar-refractivity contribution in [3.05, 3.63) is 73.5 Å². The van der Waals surface area contributed by atoms with E-state index in [1.165, 1.54) is 21.8 Å². The number of aliphatic hydroxyl groups is 1. The van der Waals surface area contributed by atoms with Crippen LogP contribution in [0.25, 0.3) is 15.7 Å². The second kappa shape index (κ2) is 7.57. The van der Waals surface area contributed by atoms with Crippen LogP contribution in [0.5, 0.6) is 0 Å². The second-order valence-electron chi connectivity index (χ2n) is 6.30. The van der Waals surface area contributed by atoms with Gasteiger partial charge < -0.3 is 9.84 Å². The lowest BCUT2D eigenvalue weighted by Gasteiger charge is -2.10. The highest BCUT2D eigenvalue weighted by Gasteiger charge is 2.18. The van der Waals surface area contributed by atoms with Crippen molar-refractivity contribution in [1.82, 2.24) is 19.2 Å². The maximum Gasteiger partial charge on any atom is 0.359 e. The summed E-state index contributed by atoms with van der Waals surface area (Å²) in [7, 11) is 0. The van der Waals surface area contributed by atoms with E-state index in [2.05, 4.69) is 10.1 Å². The molecule has 0 aliphatic heterocycles. The van der Waals surface area contributed by atoms with Crippen molar-refractivity contribution in [1.29, 1.82) is 0 Å². The van der Waals surface area contributed by atoms with Crippen LogP contribution in [0, 0.1) is 6.92 Å². The Kier molecular flexibility index (Phi) is 4.95. The first-order chi connectivity index (χ1) is 14.0. The molecular formula is C19H16N4O5S. The summed E-state index contributed by atoms with van der Waals surface area (Å²) in [4.78, 5) is 42.2. The van der Waals surface area contributed by atoms with Gasteiger partial charge in [0.2, 0.25) is 0 Å². The van der Waals surface area contributed by atoms with Gasteiger partial charge in [-0.3, -0.25) is 14.0 Å². The van der Waals surface area contributed by atoms with Gasteiger partial charge in [0.15, 0.2) is 10.7 Å². The molecule has 4 aromatic rings. The average Bonchev–Trinajstić information content (AvgIpc) is 3.09. The highest BCUT2D eigenvalue weighted by atomic mass is 32.1. The number of aliphatic hydroxyl groups excluding tert-OH is 1. The van der Waals surface area contributed by atoms with Gasteiger partial charge in [-0.1, -0.05) is 18.2 Å². The van der Waals surface area contributed by atoms with E-state index in [9.17, 15) is 14.4 Å². The zero-order valence-corrected chi connectivity index (χ0v) is 16.2. The Hall–Kier alpha value is -3.37. The predicted octanol–water partition coefficient (Wildman–Crippen LogP) is 1.12. The summed E-state index contributed by atoms with van der Waals surface area (Å²) in [5.41, 5.74) is 0.406. The van der Waals surface area contributed by atoms with Crippen molar-refractivity contribution < 1.29 is 14.6 Å². The number of ether oxygens (including phenoxy) is 1. The summed E-state index contributed by atoms with van der Waals surface area (Å²) in [6.45, 7) is 1.26. The number of rotatable bonds is 5. The van der Waals surface area contributed by atoms with Crippen LogP contribution in [0.1, 0.15) is 21.9 Å². The number of carbonyl (C=O) groups is 1. The minimum atomic E-state index is -0.753. The van der Waals surface area contributed by atoms with Gasteiger partial charge in [0.1, 0.15) is 6.61 Å². The number of aryl methyl sites for hydroxylation is 1. The molecule has 0 aliphatic rings. The maximum atomic E-state index is 12.7. The van der Waals surface area contributed by atoms with E-state index in [1.54, 1.807) is 24.3 Å². The fourth-order valence-electron chi connectivity index (χ4n) is 3.01. The first kappa shape index (κ1) is 19.0. The molecule has 0 saturated heterocycles. The van der Waals surface area contributed by atoms with Crippen LogP contribution in [0.2, 0.25) is 0 Å². The molecule has 0 amide bonds. The normalized spacial score (nSPS) is 11.2. The van der Waals surface area contributed by atoms with Gasteiger partial charge in [0, 0.05) is 22.5 Å². The van der Waals surface area contributed by atoms with Crippen LogP contribution in [0.3, 0.4) is 0 Å². The first-order valence-corrected chi connectivity index (χ1v) is 9.62. The quantitative estimate of drug-likeness (QED) is 0.488. The van der Waals surface area contributed by atoms with E-state index >= 15 is 0 Å². The summed E-state index contributed by atoms with van der Waals surface area (Å²) in [6, 6.07) is 7.87. The fraction of sp³-hybridized carbons (Fsp3) is 0.211. The highest BCUT2D eigenvalue weighted by molar-refractivity contribution is 7.15. The Morgan fingerprint density at radius 3 is 2.76 bits per heavy atom. The molecule has 0 atom stereocenters. The van der Waals surface area contributed by atoms with Gasteiger partial charge in [-0.15, -0.1) is 11.3 Å². The number of hydrogen-bond donors (Lipinski definition) is 1. The summed E-state index contributed by atoms with van der Waals surface area (Å²) < 4.78 is 7.83. The Morgan fingerprint density at radius 1 is 1.24 bits per heavy atom. The van der Waals surface area contributed by atoms with Crippen molar-refractivity contribution in [2.24, 2.45) is 0 Å². The Labute approximate surface area is 167 Å². The third-order valence-electron chi connectivity index (χ3n) is 4.35. The van der Waals surface area contributed by atoms with Gasteiger partial charge in [0.05, 0.1) is 24.2 Å². The molecule has 0 saturated carbocycles. The lowest BCUT2D eigenvalue weighted by molar-refractivity contribution is 0.0460. The second-order valence-corrected chi connectivity index (χ2v) is 7.14. The third-order valence-corrected chi connectivity index (χ3v) is 5.30. The summed E-state index contributed by atoms with van der Waals surface area (Å²) in [5.74, 6) is -0.753. The molecule has 0 radical (unpaired) electrons. The lowest BCUT2D eigenvalue weighted by atomic mass is 10.1. The van der Waals surface area contributed by atoms with Crippen LogP contribution in [-0.4, -0.2) is 36.8 Å². The summed E-state index contributed by atoms with van der Waals surface area (Å²) in [6.07, 6.45) is 0. The zero-order chi connectivity index (χ0) is 20.5. The molecule has 0 spiro atoms. The number of esters is 1. The summed E-state index contributed by atoms with van der Waals surface area (Å²) >= 11 is 1.32. The molecule has 3 aromatic heterocycles. The van der Waals surface area contributed by atoms with E-state index in [1.807, 2.05) is 12.3 Å². The maximum absolute atomic E-state index is 12.7. The van der Waals surface area contributed by atoms with Crippen LogP contribution in [0.15, 0.2) is 45.3 Å². The zero-order valence-electron chi connectivity index (χ0n) is 15.4. The molecule has 1 aromatic carbocycles. The Morgan fingerprint density at radius 2 is 2.00 bits per heavy atom. The fourth-order valence-corrected chi connectivity index (χ4v) is 3.91. The van der Waals surface area contributed by atoms with E-state index < -0.39 is 11.5 Å². The number of fused-ring (bicyclic) bond motifs is 2. The molecule has 0 aliphatic carbocycles. The minimum absolute atomic E-state index is 0.0431. The van der Waals surface area contributed by atoms with Gasteiger partial charge in [-0.05, 0) is 13.0 Å². The van der Waals surface area contributed by atoms with Gasteiger partial charge >= 0.3 is 5.97 Å².